The molecule has 0 amide bonds. The number of aromatic nitrogens is 1. The van der Waals surface area contributed by atoms with Crippen molar-refractivity contribution < 1.29 is 8.78 Å². The molecular formula is C7H4F2IN3. The summed E-state index contributed by atoms with van der Waals surface area (Å²) in [5.41, 5.74) is 4.57. The molecule has 0 bridgehead atoms. The summed E-state index contributed by atoms with van der Waals surface area (Å²) in [7, 11) is 0. The predicted molar refractivity (Wildman–Crippen MR) is 51.0 cm³/mol. The fourth-order valence-electron chi connectivity index (χ4n) is 0.801. The van der Waals surface area contributed by atoms with Crippen LogP contribution in [0.3, 0.4) is 0 Å². The number of nitrogens with zero attached hydrogens (tertiary/aromatic N) is 2. The molecule has 0 unspecified atom stereocenters. The summed E-state index contributed by atoms with van der Waals surface area (Å²) in [6, 6.07) is 3.09. The molecule has 0 aromatic carbocycles. The number of halogens is 3. The minimum Gasteiger partial charge on any atom is -0.396 e. The Morgan fingerprint density at radius 3 is 2.69 bits per heavy atom. The standard InChI is InChI=1S/C7H4F2IN3/c8-7(9)6-5(12)3(2-11)1-4(10)13-6/h1,7H,12H2. The van der Waals surface area contributed by atoms with Crippen LogP contribution < -0.4 is 5.73 Å². The third-order valence-corrected chi connectivity index (χ3v) is 1.94. The molecule has 0 aliphatic carbocycles. The number of rotatable bonds is 1. The Morgan fingerprint density at radius 1 is 1.62 bits per heavy atom. The van der Waals surface area contributed by atoms with E-state index in [1.807, 2.05) is 0 Å². The topological polar surface area (TPSA) is 62.7 Å². The summed E-state index contributed by atoms with van der Waals surface area (Å²) < 4.78 is 24.9. The molecule has 0 saturated carbocycles. The SMILES string of the molecule is N#Cc1cc(I)nc(C(F)F)c1N. The second kappa shape index (κ2) is 3.83. The Hall–Kier alpha value is -0.970. The van der Waals surface area contributed by atoms with Crippen LogP contribution in [0.4, 0.5) is 14.5 Å². The van der Waals surface area contributed by atoms with Crippen LogP contribution in [-0.2, 0) is 0 Å². The Labute approximate surface area is 86.7 Å². The van der Waals surface area contributed by atoms with Crippen LogP contribution in [-0.4, -0.2) is 4.98 Å². The van der Waals surface area contributed by atoms with E-state index in [0.29, 0.717) is 3.70 Å². The molecular weight excluding hydrogens is 291 g/mol. The average Bonchev–Trinajstić information content (AvgIpc) is 2.08. The molecule has 0 aliphatic heterocycles. The summed E-state index contributed by atoms with van der Waals surface area (Å²) in [5.74, 6) is 0. The van der Waals surface area contributed by atoms with Gasteiger partial charge in [0.15, 0.2) is 0 Å². The Balaban J connectivity index is 3.38. The summed E-state index contributed by atoms with van der Waals surface area (Å²) in [5, 5.41) is 8.54. The minimum absolute atomic E-state index is 0.0368. The van der Waals surface area contributed by atoms with E-state index in [-0.39, 0.29) is 11.3 Å². The Kier molecular flexibility index (Phi) is 2.98. The first-order chi connectivity index (χ1) is 6.06. The van der Waals surface area contributed by atoms with Crippen molar-refractivity contribution in [3.8, 4) is 6.07 Å². The van der Waals surface area contributed by atoms with Crippen LogP contribution in [0.2, 0.25) is 0 Å². The molecule has 1 aromatic rings. The zero-order valence-electron chi connectivity index (χ0n) is 6.26. The van der Waals surface area contributed by atoms with Crippen molar-refractivity contribution in [2.24, 2.45) is 0 Å². The van der Waals surface area contributed by atoms with Crippen LogP contribution in [0.25, 0.3) is 0 Å². The minimum atomic E-state index is -2.75. The quantitative estimate of drug-likeness (QED) is 0.637. The molecule has 0 saturated heterocycles. The number of nitriles is 1. The molecule has 2 N–H and O–H groups in total. The Bertz CT molecular complexity index is 373. The molecule has 68 valence electrons. The number of alkyl halides is 2. The predicted octanol–water partition coefficient (Wildman–Crippen LogP) is 2.08. The van der Waals surface area contributed by atoms with Gasteiger partial charge >= 0.3 is 0 Å². The molecule has 0 atom stereocenters. The lowest BCUT2D eigenvalue weighted by molar-refractivity contribution is 0.147. The number of anilines is 1. The second-order valence-electron chi connectivity index (χ2n) is 2.20. The fraction of sp³-hybridized carbons (Fsp3) is 0.143. The van der Waals surface area contributed by atoms with E-state index < -0.39 is 12.1 Å². The highest BCUT2D eigenvalue weighted by Gasteiger charge is 2.16. The number of pyridine rings is 1. The molecule has 3 nitrogen and oxygen atoms in total. The van der Waals surface area contributed by atoms with Gasteiger partial charge < -0.3 is 5.73 Å². The van der Waals surface area contributed by atoms with Gasteiger partial charge in [-0.1, -0.05) is 0 Å². The average molecular weight is 295 g/mol. The van der Waals surface area contributed by atoms with E-state index in [2.05, 4.69) is 4.98 Å². The number of hydrogen-bond donors (Lipinski definition) is 1. The van der Waals surface area contributed by atoms with Crippen molar-refractivity contribution >= 4 is 28.3 Å². The van der Waals surface area contributed by atoms with Gasteiger partial charge in [0.1, 0.15) is 15.5 Å². The first-order valence-corrected chi connectivity index (χ1v) is 4.28. The first kappa shape index (κ1) is 10.1. The van der Waals surface area contributed by atoms with E-state index >= 15 is 0 Å². The molecule has 1 aromatic heterocycles. The maximum atomic E-state index is 12.3. The summed E-state index contributed by atoms with van der Waals surface area (Å²) in [6.07, 6.45) is -2.75. The largest absolute Gasteiger partial charge is 0.396 e. The van der Waals surface area contributed by atoms with E-state index in [9.17, 15) is 8.78 Å². The van der Waals surface area contributed by atoms with Crippen molar-refractivity contribution in [3.05, 3.63) is 21.0 Å². The van der Waals surface area contributed by atoms with Crippen LogP contribution in [0.5, 0.6) is 0 Å². The van der Waals surface area contributed by atoms with Gasteiger partial charge in [-0.3, -0.25) is 0 Å². The number of hydrogen-bond acceptors (Lipinski definition) is 3. The van der Waals surface area contributed by atoms with Crippen LogP contribution in [0.15, 0.2) is 6.07 Å². The maximum Gasteiger partial charge on any atom is 0.282 e. The van der Waals surface area contributed by atoms with E-state index in [0.717, 1.165) is 0 Å². The van der Waals surface area contributed by atoms with Crippen LogP contribution in [0.1, 0.15) is 17.7 Å². The summed E-state index contributed by atoms with van der Waals surface area (Å²) >= 11 is 1.75. The summed E-state index contributed by atoms with van der Waals surface area (Å²) in [6.45, 7) is 0. The zero-order valence-corrected chi connectivity index (χ0v) is 8.42. The lowest BCUT2D eigenvalue weighted by atomic mass is 10.2. The van der Waals surface area contributed by atoms with Gasteiger partial charge in [-0.15, -0.1) is 0 Å². The van der Waals surface area contributed by atoms with Gasteiger partial charge in [-0.05, 0) is 28.7 Å². The van der Waals surface area contributed by atoms with Crippen molar-refractivity contribution in [2.75, 3.05) is 5.73 Å². The van der Waals surface area contributed by atoms with Crippen molar-refractivity contribution in [2.45, 2.75) is 6.43 Å². The van der Waals surface area contributed by atoms with Gasteiger partial charge in [0.05, 0.1) is 11.3 Å². The van der Waals surface area contributed by atoms with E-state index in [4.69, 9.17) is 11.0 Å². The highest BCUT2D eigenvalue weighted by molar-refractivity contribution is 14.1. The van der Waals surface area contributed by atoms with Gasteiger partial charge in [0.25, 0.3) is 6.43 Å². The third-order valence-electron chi connectivity index (χ3n) is 1.38. The highest BCUT2D eigenvalue weighted by Crippen LogP contribution is 2.26. The summed E-state index contributed by atoms with van der Waals surface area (Å²) in [4.78, 5) is 3.54. The molecule has 0 aliphatic rings. The van der Waals surface area contributed by atoms with Gasteiger partial charge in [0, 0.05) is 0 Å². The molecule has 13 heavy (non-hydrogen) atoms. The molecule has 6 heteroatoms. The molecule has 0 radical (unpaired) electrons. The molecule has 1 heterocycles. The van der Waals surface area contributed by atoms with Gasteiger partial charge in [-0.25, -0.2) is 13.8 Å². The number of nitrogens with two attached hydrogens (primary N) is 1. The fourth-order valence-corrected chi connectivity index (χ4v) is 1.37. The zero-order chi connectivity index (χ0) is 10.0. The van der Waals surface area contributed by atoms with E-state index in [1.165, 1.54) is 6.07 Å². The molecule has 1 rings (SSSR count). The van der Waals surface area contributed by atoms with Crippen molar-refractivity contribution in [3.63, 3.8) is 0 Å². The lowest BCUT2D eigenvalue weighted by Gasteiger charge is -2.05. The third kappa shape index (κ3) is 2.03. The molecule has 0 fully saturated rings. The first-order valence-electron chi connectivity index (χ1n) is 3.20. The second-order valence-corrected chi connectivity index (χ2v) is 3.31. The maximum absolute atomic E-state index is 12.3. The van der Waals surface area contributed by atoms with Crippen molar-refractivity contribution in [1.29, 1.82) is 5.26 Å². The number of nitrogen functional groups attached to an aromatic ring is 1. The molecule has 0 spiro atoms. The highest BCUT2D eigenvalue weighted by atomic mass is 127. The normalized spacial score (nSPS) is 10.1. The van der Waals surface area contributed by atoms with Crippen molar-refractivity contribution in [1.82, 2.24) is 4.98 Å². The van der Waals surface area contributed by atoms with Gasteiger partial charge in [-0.2, -0.15) is 5.26 Å². The smallest absolute Gasteiger partial charge is 0.282 e. The van der Waals surface area contributed by atoms with Crippen LogP contribution in [0, 0.1) is 15.0 Å². The van der Waals surface area contributed by atoms with Crippen LogP contribution >= 0.6 is 22.6 Å². The van der Waals surface area contributed by atoms with Gasteiger partial charge in [0.2, 0.25) is 0 Å². The monoisotopic (exact) mass is 295 g/mol. The Morgan fingerprint density at radius 2 is 2.23 bits per heavy atom. The lowest BCUT2D eigenvalue weighted by Crippen LogP contribution is -2.03. The van der Waals surface area contributed by atoms with E-state index in [1.54, 1.807) is 28.7 Å².